The topological polar surface area (TPSA) is 42.4 Å². The maximum absolute atomic E-state index is 9.56. The molecule has 1 unspecified atom stereocenters. The number of rotatable bonds is 0. The Balaban J connectivity index is 0.000000210. The number of hydrogen-bond acceptors (Lipinski definition) is 3. The van der Waals surface area contributed by atoms with Gasteiger partial charge in [0, 0.05) is 28.3 Å². The number of benzene rings is 1. The van der Waals surface area contributed by atoms with E-state index in [1.54, 1.807) is 6.20 Å². The van der Waals surface area contributed by atoms with Crippen molar-refractivity contribution >= 4 is 15.9 Å². The van der Waals surface area contributed by atoms with E-state index < -0.39 is 0 Å². The van der Waals surface area contributed by atoms with Gasteiger partial charge in [0.1, 0.15) is 5.75 Å². The van der Waals surface area contributed by atoms with Crippen LogP contribution in [-0.2, 0) is 0 Å². The summed E-state index contributed by atoms with van der Waals surface area (Å²) in [6.07, 6.45) is 2.12. The van der Waals surface area contributed by atoms with Gasteiger partial charge in [-0.1, -0.05) is 41.9 Å². The highest BCUT2D eigenvalue weighted by molar-refractivity contribution is 9.10. The van der Waals surface area contributed by atoms with E-state index in [2.05, 4.69) is 20.9 Å². The third-order valence-electron chi connectivity index (χ3n) is 2.80. The Bertz CT molecular complexity index is 532. The Morgan fingerprint density at radius 3 is 2.57 bits per heavy atom. The summed E-state index contributed by atoms with van der Waals surface area (Å²) >= 11 is 3.35. The van der Waals surface area contributed by atoms with Crippen LogP contribution in [0.5, 0.6) is 5.75 Å². The maximum Gasteiger partial charge on any atom is 0.126 e. The summed E-state index contributed by atoms with van der Waals surface area (Å²) in [4.78, 5) is 3.98. The predicted molar refractivity (Wildman–Crippen MR) is 89.5 cm³/mol. The molecule has 0 saturated carbocycles. The zero-order valence-corrected chi connectivity index (χ0v) is 14.3. The first-order valence-electron chi connectivity index (χ1n) is 7.15. The monoisotopic (exact) mass is 351 g/mol. The molecule has 3 nitrogen and oxygen atoms in total. The van der Waals surface area contributed by atoms with Crippen LogP contribution in [-0.4, -0.2) is 16.7 Å². The highest BCUT2D eigenvalue weighted by atomic mass is 79.9. The highest BCUT2D eigenvalue weighted by Gasteiger charge is 2.18. The molecule has 0 radical (unpaired) electrons. The molecular formula is C17H22BrNO2. The Kier molecular flexibility index (Phi) is 8.01. The fraction of sp³-hybridized carbons (Fsp3) is 0.353. The lowest BCUT2D eigenvalue weighted by molar-refractivity contribution is 0.115. The molecule has 1 aromatic carbocycles. The van der Waals surface area contributed by atoms with Crippen LogP contribution in [0.1, 0.15) is 37.6 Å². The number of aliphatic hydroxyl groups excluding tert-OH is 1. The molecule has 0 amide bonds. The lowest BCUT2D eigenvalue weighted by Crippen LogP contribution is -2.13. The summed E-state index contributed by atoms with van der Waals surface area (Å²) in [5.41, 5.74) is 1.96. The number of hydrogen-bond donors (Lipinski definition) is 1. The number of aliphatic hydroxyl groups is 1. The first-order valence-corrected chi connectivity index (χ1v) is 7.94. The van der Waals surface area contributed by atoms with Crippen LogP contribution in [0, 0.1) is 6.92 Å². The molecule has 114 valence electrons. The Morgan fingerprint density at radius 1 is 1.24 bits per heavy atom. The molecule has 0 aliphatic carbocycles. The summed E-state index contributed by atoms with van der Waals surface area (Å²) in [7, 11) is 0. The van der Waals surface area contributed by atoms with Crippen LogP contribution >= 0.6 is 15.9 Å². The molecule has 4 heteroatoms. The van der Waals surface area contributed by atoms with Gasteiger partial charge in [-0.05, 0) is 31.2 Å². The third kappa shape index (κ3) is 5.86. The number of ether oxygens (including phenoxy) is 1. The first-order chi connectivity index (χ1) is 10.2. The minimum atomic E-state index is -0.359. The van der Waals surface area contributed by atoms with Crippen molar-refractivity contribution in [3.63, 3.8) is 0 Å². The zero-order chi connectivity index (χ0) is 15.7. The lowest BCUT2D eigenvalue weighted by Gasteiger charge is -2.21. The fourth-order valence-corrected chi connectivity index (χ4v) is 2.13. The molecule has 2 heterocycles. The van der Waals surface area contributed by atoms with E-state index in [9.17, 15) is 5.11 Å². The number of aryl methyl sites for hydroxylation is 1. The molecule has 1 atom stereocenters. The van der Waals surface area contributed by atoms with E-state index in [1.807, 2.05) is 57.2 Å². The molecular weight excluding hydrogens is 330 g/mol. The molecule has 0 fully saturated rings. The van der Waals surface area contributed by atoms with Crippen molar-refractivity contribution in [2.75, 3.05) is 6.61 Å². The lowest BCUT2D eigenvalue weighted by atomic mass is 10.0. The van der Waals surface area contributed by atoms with Crippen molar-refractivity contribution in [2.45, 2.75) is 33.3 Å². The van der Waals surface area contributed by atoms with Crippen molar-refractivity contribution in [1.82, 2.24) is 4.98 Å². The van der Waals surface area contributed by atoms with E-state index >= 15 is 0 Å². The smallest absolute Gasteiger partial charge is 0.126 e. The van der Waals surface area contributed by atoms with Crippen LogP contribution in [0.25, 0.3) is 0 Å². The van der Waals surface area contributed by atoms with Gasteiger partial charge in [-0.2, -0.15) is 0 Å². The average molecular weight is 352 g/mol. The summed E-state index contributed by atoms with van der Waals surface area (Å²) in [5, 5.41) is 9.56. The minimum Gasteiger partial charge on any atom is -0.493 e. The Hall–Kier alpha value is -1.39. The van der Waals surface area contributed by atoms with Gasteiger partial charge in [0.2, 0.25) is 0 Å². The van der Waals surface area contributed by atoms with Crippen LogP contribution < -0.4 is 4.74 Å². The van der Waals surface area contributed by atoms with Gasteiger partial charge in [0.15, 0.2) is 0 Å². The van der Waals surface area contributed by atoms with Crippen LogP contribution in [0.4, 0.5) is 0 Å². The molecule has 1 aliphatic heterocycles. The largest absolute Gasteiger partial charge is 0.493 e. The normalized spacial score (nSPS) is 15.4. The summed E-state index contributed by atoms with van der Waals surface area (Å²) in [6, 6.07) is 11.5. The van der Waals surface area contributed by atoms with E-state index in [0.717, 1.165) is 21.5 Å². The molecule has 1 aromatic heterocycles. The second kappa shape index (κ2) is 9.53. The molecule has 2 aromatic rings. The molecule has 1 N–H and O–H groups in total. The van der Waals surface area contributed by atoms with Gasteiger partial charge in [0.25, 0.3) is 0 Å². The standard InChI is InChI=1S/C9H9BrO2.C6H7N.C2H6/c10-6-1-2-7-8(11)3-4-12-9(7)5-6;1-6-4-2-3-5-7-6;1-2/h1-2,5,8,11H,3-4H2;2-5H,1H3;1-2H3. The molecule has 0 saturated heterocycles. The molecule has 0 spiro atoms. The summed E-state index contributed by atoms with van der Waals surface area (Å²) in [5.74, 6) is 0.795. The number of halogens is 1. The van der Waals surface area contributed by atoms with Gasteiger partial charge in [-0.25, -0.2) is 0 Å². The molecule has 0 bridgehead atoms. The van der Waals surface area contributed by atoms with Crippen LogP contribution in [0.2, 0.25) is 0 Å². The highest BCUT2D eigenvalue weighted by Crippen LogP contribution is 2.33. The SMILES string of the molecule is CC.Cc1ccccn1.OC1CCOc2cc(Br)ccc21. The van der Waals surface area contributed by atoms with Crippen molar-refractivity contribution in [3.8, 4) is 5.75 Å². The van der Waals surface area contributed by atoms with Crippen LogP contribution in [0.15, 0.2) is 47.1 Å². The summed E-state index contributed by atoms with van der Waals surface area (Å²) < 4.78 is 6.37. The Labute approximate surface area is 135 Å². The molecule has 3 rings (SSSR count). The number of nitrogens with zero attached hydrogens (tertiary/aromatic N) is 1. The van der Waals surface area contributed by atoms with Crippen molar-refractivity contribution in [1.29, 1.82) is 0 Å². The van der Waals surface area contributed by atoms with Crippen molar-refractivity contribution in [3.05, 3.63) is 58.3 Å². The van der Waals surface area contributed by atoms with Gasteiger partial charge in [-0.15, -0.1) is 0 Å². The van der Waals surface area contributed by atoms with E-state index in [4.69, 9.17) is 4.74 Å². The van der Waals surface area contributed by atoms with Gasteiger partial charge >= 0.3 is 0 Å². The second-order valence-corrected chi connectivity index (χ2v) is 5.22. The predicted octanol–water partition coefficient (Wildman–Crippen LogP) is 4.68. The fourth-order valence-electron chi connectivity index (χ4n) is 1.79. The maximum atomic E-state index is 9.56. The van der Waals surface area contributed by atoms with Gasteiger partial charge in [-0.3, -0.25) is 4.98 Å². The van der Waals surface area contributed by atoms with Gasteiger partial charge < -0.3 is 9.84 Å². The number of fused-ring (bicyclic) bond motifs is 1. The molecule has 21 heavy (non-hydrogen) atoms. The first kappa shape index (κ1) is 17.7. The average Bonchev–Trinajstić information content (AvgIpc) is 2.51. The zero-order valence-electron chi connectivity index (χ0n) is 12.7. The second-order valence-electron chi connectivity index (χ2n) is 4.31. The number of aromatic nitrogens is 1. The number of pyridine rings is 1. The van der Waals surface area contributed by atoms with Crippen molar-refractivity contribution in [2.24, 2.45) is 0 Å². The Morgan fingerprint density at radius 2 is 2.00 bits per heavy atom. The minimum absolute atomic E-state index is 0.359. The van der Waals surface area contributed by atoms with Gasteiger partial charge in [0.05, 0.1) is 12.7 Å². The van der Waals surface area contributed by atoms with E-state index in [1.165, 1.54) is 0 Å². The van der Waals surface area contributed by atoms with E-state index in [-0.39, 0.29) is 6.10 Å². The van der Waals surface area contributed by atoms with Crippen LogP contribution in [0.3, 0.4) is 0 Å². The molecule has 1 aliphatic rings. The quantitative estimate of drug-likeness (QED) is 0.749. The van der Waals surface area contributed by atoms with Crippen molar-refractivity contribution < 1.29 is 9.84 Å². The third-order valence-corrected chi connectivity index (χ3v) is 3.29. The van der Waals surface area contributed by atoms with E-state index in [0.29, 0.717) is 13.0 Å². The summed E-state index contributed by atoms with van der Waals surface area (Å²) in [6.45, 7) is 6.57.